The Morgan fingerprint density at radius 1 is 1.07 bits per heavy atom. The van der Waals surface area contributed by atoms with E-state index in [1.165, 1.54) is 12.1 Å². The minimum atomic E-state index is -1.10. The van der Waals surface area contributed by atoms with E-state index < -0.39 is 29.1 Å². The van der Waals surface area contributed by atoms with Gasteiger partial charge in [-0.3, -0.25) is 4.79 Å². The van der Waals surface area contributed by atoms with Crippen molar-refractivity contribution in [3.8, 4) is 5.75 Å². The molecule has 0 N–H and O–H groups in total. The molecule has 0 aliphatic rings. The van der Waals surface area contributed by atoms with Crippen molar-refractivity contribution in [2.75, 3.05) is 0 Å². The largest absolute Gasteiger partial charge is 0.426 e. The van der Waals surface area contributed by atoms with Crippen molar-refractivity contribution >= 4 is 28.9 Å². The minimum absolute atomic E-state index is 0.0483. The number of carbonyl (C=O) groups excluding carboxylic acids is 1. The van der Waals surface area contributed by atoms with Gasteiger partial charge < -0.3 is 4.74 Å². The zero-order valence-corrected chi connectivity index (χ0v) is 16.3. The predicted molar refractivity (Wildman–Crippen MR) is 101 cm³/mol. The molecule has 0 aliphatic carbocycles. The van der Waals surface area contributed by atoms with Crippen molar-refractivity contribution in [3.63, 3.8) is 0 Å². The van der Waals surface area contributed by atoms with E-state index in [0.29, 0.717) is 12.8 Å². The first-order valence-corrected chi connectivity index (χ1v) is 9.31. The third kappa shape index (κ3) is 5.55. The highest BCUT2D eigenvalue weighted by atomic mass is 35.5. The highest BCUT2D eigenvalue weighted by Crippen LogP contribution is 2.33. The molecule has 4 nitrogen and oxygen atoms in total. The summed E-state index contributed by atoms with van der Waals surface area (Å²) in [6.45, 7) is 3.85. The molecule has 0 bridgehead atoms. The van der Waals surface area contributed by atoms with Crippen LogP contribution in [0.25, 0.3) is 0 Å². The molecule has 2 aromatic carbocycles. The van der Waals surface area contributed by atoms with Crippen LogP contribution in [0.4, 0.5) is 24.5 Å². The Hall–Kier alpha value is -2.41. The van der Waals surface area contributed by atoms with Crippen molar-refractivity contribution in [2.45, 2.75) is 39.5 Å². The Morgan fingerprint density at radius 2 is 1.71 bits per heavy atom. The average Bonchev–Trinajstić information content (AvgIpc) is 2.63. The lowest BCUT2D eigenvalue weighted by atomic mass is 10.00. The maximum Gasteiger partial charge on any atom is 0.314 e. The van der Waals surface area contributed by atoms with Crippen LogP contribution in [0.5, 0.6) is 5.75 Å². The Labute approximate surface area is 166 Å². The molecule has 8 heteroatoms. The zero-order chi connectivity index (χ0) is 20.7. The minimum Gasteiger partial charge on any atom is -0.426 e. The zero-order valence-electron chi connectivity index (χ0n) is 15.5. The average molecular weight is 413 g/mol. The standard InChI is InChI=1S/C20H20ClF3N2O2/c1-3-5-7-12(4-2)20(27)28-13-10-16(23)19(17(24)11-13)26-25-18-14(21)8-6-9-15(18)22/h6,8-12H,3-5,7H2,1-2H3. The second-order valence-corrected chi connectivity index (χ2v) is 6.58. The molecule has 0 heterocycles. The number of rotatable bonds is 8. The lowest BCUT2D eigenvalue weighted by Gasteiger charge is -2.13. The molecule has 1 unspecified atom stereocenters. The summed E-state index contributed by atoms with van der Waals surface area (Å²) in [6, 6.07) is 5.51. The van der Waals surface area contributed by atoms with Gasteiger partial charge in [-0.2, -0.15) is 0 Å². The van der Waals surface area contributed by atoms with Crippen molar-refractivity contribution in [3.05, 3.63) is 52.8 Å². The summed E-state index contributed by atoms with van der Waals surface area (Å²) in [6.07, 6.45) is 3.00. The van der Waals surface area contributed by atoms with E-state index in [-0.39, 0.29) is 22.4 Å². The van der Waals surface area contributed by atoms with Crippen molar-refractivity contribution in [2.24, 2.45) is 16.1 Å². The SMILES string of the molecule is CCCCC(CC)C(=O)Oc1cc(F)c(N=Nc2c(F)cccc2Cl)c(F)c1. The smallest absolute Gasteiger partial charge is 0.314 e. The Bertz CT molecular complexity index is 831. The quantitative estimate of drug-likeness (QED) is 0.259. The van der Waals surface area contributed by atoms with E-state index in [9.17, 15) is 18.0 Å². The Kier molecular flexibility index (Phi) is 7.99. The summed E-state index contributed by atoms with van der Waals surface area (Å²) in [5.41, 5.74) is -1.07. The molecule has 2 rings (SSSR count). The van der Waals surface area contributed by atoms with Crippen LogP contribution in [-0.2, 0) is 4.79 Å². The third-order valence-electron chi connectivity index (χ3n) is 4.13. The fourth-order valence-electron chi connectivity index (χ4n) is 2.52. The van der Waals surface area contributed by atoms with Crippen LogP contribution in [0.3, 0.4) is 0 Å². The summed E-state index contributed by atoms with van der Waals surface area (Å²) in [5, 5.41) is 6.86. The van der Waals surface area contributed by atoms with E-state index in [4.69, 9.17) is 16.3 Å². The molecule has 0 fully saturated rings. The molecule has 0 radical (unpaired) electrons. The molecule has 28 heavy (non-hydrogen) atoms. The highest BCUT2D eigenvalue weighted by molar-refractivity contribution is 6.32. The van der Waals surface area contributed by atoms with Gasteiger partial charge in [0.15, 0.2) is 23.1 Å². The summed E-state index contributed by atoms with van der Waals surface area (Å²) in [7, 11) is 0. The number of halogens is 4. The number of unbranched alkanes of at least 4 members (excludes halogenated alkanes) is 1. The summed E-state index contributed by atoms with van der Waals surface area (Å²) < 4.78 is 47.3. The van der Waals surface area contributed by atoms with Gasteiger partial charge in [-0.1, -0.05) is 44.4 Å². The predicted octanol–water partition coefficient (Wildman–Crippen LogP) is 7.29. The fraction of sp³-hybridized carbons (Fsp3) is 0.350. The van der Waals surface area contributed by atoms with Gasteiger partial charge >= 0.3 is 5.97 Å². The van der Waals surface area contributed by atoms with Crippen molar-refractivity contribution in [1.82, 2.24) is 0 Å². The van der Waals surface area contributed by atoms with Crippen LogP contribution in [0.15, 0.2) is 40.6 Å². The van der Waals surface area contributed by atoms with Crippen LogP contribution < -0.4 is 4.74 Å². The van der Waals surface area contributed by atoms with Gasteiger partial charge in [0.05, 0.1) is 10.9 Å². The van der Waals surface area contributed by atoms with Gasteiger partial charge in [0, 0.05) is 12.1 Å². The molecule has 150 valence electrons. The van der Waals surface area contributed by atoms with E-state index in [1.54, 1.807) is 0 Å². The fourth-order valence-corrected chi connectivity index (χ4v) is 2.72. The molecule has 0 spiro atoms. The summed E-state index contributed by atoms with van der Waals surface area (Å²) in [5.74, 6) is -4.12. The maximum atomic E-state index is 14.2. The van der Waals surface area contributed by atoms with Crippen LogP contribution in [0.1, 0.15) is 39.5 Å². The molecule has 0 aliphatic heterocycles. The van der Waals surface area contributed by atoms with Crippen LogP contribution in [0.2, 0.25) is 5.02 Å². The van der Waals surface area contributed by atoms with Gasteiger partial charge in [0.25, 0.3) is 0 Å². The second kappa shape index (κ2) is 10.2. The van der Waals surface area contributed by atoms with Gasteiger partial charge in [0.1, 0.15) is 11.4 Å². The summed E-state index contributed by atoms with van der Waals surface area (Å²) in [4.78, 5) is 12.2. The second-order valence-electron chi connectivity index (χ2n) is 6.17. The van der Waals surface area contributed by atoms with Gasteiger partial charge in [-0.15, -0.1) is 10.2 Å². The molecule has 2 aromatic rings. The molecule has 0 amide bonds. The first-order valence-electron chi connectivity index (χ1n) is 8.93. The molecule has 1 atom stereocenters. The van der Waals surface area contributed by atoms with E-state index >= 15 is 0 Å². The first kappa shape index (κ1) is 21.9. The van der Waals surface area contributed by atoms with Crippen LogP contribution in [0, 0.1) is 23.4 Å². The number of azo groups is 1. The van der Waals surface area contributed by atoms with Crippen LogP contribution >= 0.6 is 11.6 Å². The molecule has 0 aromatic heterocycles. The van der Waals surface area contributed by atoms with E-state index in [2.05, 4.69) is 10.2 Å². The number of nitrogens with zero attached hydrogens (tertiary/aromatic N) is 2. The van der Waals surface area contributed by atoms with Crippen LogP contribution in [-0.4, -0.2) is 5.97 Å². The van der Waals surface area contributed by atoms with Crippen molar-refractivity contribution in [1.29, 1.82) is 0 Å². The topological polar surface area (TPSA) is 51.0 Å². The van der Waals surface area contributed by atoms with Gasteiger partial charge in [-0.05, 0) is 25.0 Å². The molecular formula is C20H20ClF3N2O2. The number of hydrogen-bond donors (Lipinski definition) is 0. The molecule has 0 saturated heterocycles. The normalized spacial score (nSPS) is 12.4. The van der Waals surface area contributed by atoms with Crippen molar-refractivity contribution < 1.29 is 22.7 Å². The van der Waals surface area contributed by atoms with Gasteiger partial charge in [0.2, 0.25) is 0 Å². The highest BCUT2D eigenvalue weighted by Gasteiger charge is 2.20. The number of benzene rings is 2. The molecular weight excluding hydrogens is 393 g/mol. The monoisotopic (exact) mass is 412 g/mol. The number of esters is 1. The lowest BCUT2D eigenvalue weighted by Crippen LogP contribution is -2.20. The lowest BCUT2D eigenvalue weighted by molar-refractivity contribution is -0.139. The van der Waals surface area contributed by atoms with E-state index in [0.717, 1.165) is 31.0 Å². The summed E-state index contributed by atoms with van der Waals surface area (Å²) >= 11 is 5.80. The van der Waals surface area contributed by atoms with Gasteiger partial charge in [-0.25, -0.2) is 13.2 Å². The van der Waals surface area contributed by atoms with E-state index in [1.807, 2.05) is 13.8 Å². The maximum absolute atomic E-state index is 14.2. The molecule has 0 saturated carbocycles. The third-order valence-corrected chi connectivity index (χ3v) is 4.43. The first-order chi connectivity index (χ1) is 13.4. The number of ether oxygens (including phenoxy) is 1. The Morgan fingerprint density at radius 3 is 2.29 bits per heavy atom. The number of hydrogen-bond acceptors (Lipinski definition) is 4. The Balaban J connectivity index is 2.21. The number of carbonyl (C=O) groups is 1.